The molecule has 2 aromatic heterocycles. The molecule has 4 aromatic rings. The van der Waals surface area contributed by atoms with E-state index in [2.05, 4.69) is 20.5 Å². The number of carbonyl (C=O) groups excluding carboxylic acids is 1. The van der Waals surface area contributed by atoms with Gasteiger partial charge in [-0.2, -0.15) is 0 Å². The average Bonchev–Trinajstić information content (AvgIpc) is 3.51. The third kappa shape index (κ3) is 5.51. The van der Waals surface area contributed by atoms with Crippen molar-refractivity contribution in [2.45, 2.75) is 42.3 Å². The second-order valence-corrected chi connectivity index (χ2v) is 10.5. The lowest BCUT2D eigenvalue weighted by Gasteiger charge is -2.26. The molecule has 2 aromatic carbocycles. The van der Waals surface area contributed by atoms with Crippen LogP contribution in [0.4, 0.5) is 11.4 Å². The molecule has 1 saturated heterocycles. The predicted molar refractivity (Wildman–Crippen MR) is 152 cm³/mol. The number of thiocarbonyl (C=S) groups is 1. The van der Waals surface area contributed by atoms with Crippen molar-refractivity contribution in [2.75, 3.05) is 10.2 Å². The molecule has 1 fully saturated rings. The van der Waals surface area contributed by atoms with E-state index >= 15 is 0 Å². The number of carbonyl (C=O) groups is 1. The van der Waals surface area contributed by atoms with Crippen LogP contribution in [-0.4, -0.2) is 16.0 Å². The van der Waals surface area contributed by atoms with E-state index in [1.165, 1.54) is 11.8 Å². The first-order valence-corrected chi connectivity index (χ1v) is 13.5. The molecule has 0 bridgehead atoms. The molecule has 0 unspecified atom stereocenters. The molecule has 37 heavy (non-hydrogen) atoms. The molecule has 5 rings (SSSR count). The Balaban J connectivity index is 1.50. The molecule has 2 atom stereocenters. The molecule has 1 aliphatic heterocycles. The standard InChI is InChI=1S/C28H25ClN4O2S2/c1-3-24(34)31-21-12-9-19(16-17(21)2)33-27(26(32-28(33)36)22-6-4-5-15-30-22)23-13-14-25(35-23)37-20-10-7-18(29)8-11-20/h4-16,26-27H,3H2,1-2H3,(H,31,34)(H,32,36)/t26-,27+/m1/s1. The molecule has 3 heterocycles. The van der Waals surface area contributed by atoms with Crippen LogP contribution in [0.5, 0.6) is 0 Å². The molecule has 0 aliphatic carbocycles. The number of benzene rings is 2. The number of rotatable bonds is 7. The van der Waals surface area contributed by atoms with Gasteiger partial charge in [0.25, 0.3) is 0 Å². The highest BCUT2D eigenvalue weighted by molar-refractivity contribution is 7.99. The van der Waals surface area contributed by atoms with Crippen LogP contribution in [0, 0.1) is 6.92 Å². The maximum absolute atomic E-state index is 11.9. The van der Waals surface area contributed by atoms with Crippen molar-refractivity contribution in [3.05, 3.63) is 101 Å². The molecule has 0 radical (unpaired) electrons. The van der Waals surface area contributed by atoms with Gasteiger partial charge in [0.2, 0.25) is 5.91 Å². The van der Waals surface area contributed by atoms with Crippen LogP contribution in [-0.2, 0) is 4.79 Å². The van der Waals surface area contributed by atoms with E-state index in [0.717, 1.165) is 38.4 Å². The Morgan fingerprint density at radius 3 is 2.68 bits per heavy atom. The number of anilines is 2. The fraction of sp³-hybridized carbons (Fsp3) is 0.179. The van der Waals surface area contributed by atoms with Crippen LogP contribution >= 0.6 is 35.6 Å². The Morgan fingerprint density at radius 2 is 1.97 bits per heavy atom. The number of hydrogen-bond donors (Lipinski definition) is 2. The van der Waals surface area contributed by atoms with Crippen LogP contribution in [0.15, 0.2) is 93.4 Å². The Morgan fingerprint density at radius 1 is 1.16 bits per heavy atom. The summed E-state index contributed by atoms with van der Waals surface area (Å²) in [6.07, 6.45) is 2.20. The molecule has 1 amide bonds. The van der Waals surface area contributed by atoms with E-state index in [0.29, 0.717) is 16.6 Å². The Labute approximate surface area is 230 Å². The number of nitrogens with one attached hydrogen (secondary N) is 2. The minimum absolute atomic E-state index is 0.0244. The Kier molecular flexibility index (Phi) is 7.50. The summed E-state index contributed by atoms with van der Waals surface area (Å²) < 4.78 is 6.38. The van der Waals surface area contributed by atoms with Crippen molar-refractivity contribution in [1.29, 1.82) is 0 Å². The summed E-state index contributed by atoms with van der Waals surface area (Å²) in [6, 6.07) is 22.9. The number of halogens is 1. The Hall–Kier alpha value is -3.33. The fourth-order valence-corrected chi connectivity index (χ4v) is 5.52. The van der Waals surface area contributed by atoms with Crippen LogP contribution in [0.3, 0.4) is 0 Å². The molecule has 0 saturated carbocycles. The number of aryl methyl sites for hydroxylation is 1. The lowest BCUT2D eigenvalue weighted by Crippen LogP contribution is -2.29. The van der Waals surface area contributed by atoms with Crippen LogP contribution in [0.1, 0.15) is 42.4 Å². The molecule has 2 N–H and O–H groups in total. The number of nitrogens with zero attached hydrogens (tertiary/aromatic N) is 2. The maximum Gasteiger partial charge on any atom is 0.224 e. The van der Waals surface area contributed by atoms with Crippen molar-refractivity contribution in [1.82, 2.24) is 10.3 Å². The van der Waals surface area contributed by atoms with Crippen molar-refractivity contribution in [2.24, 2.45) is 0 Å². The summed E-state index contributed by atoms with van der Waals surface area (Å²) >= 11 is 13.4. The molecule has 1 aliphatic rings. The van der Waals surface area contributed by atoms with Gasteiger partial charge in [0.05, 0.1) is 11.7 Å². The summed E-state index contributed by atoms with van der Waals surface area (Å²) in [5.74, 6) is 0.740. The van der Waals surface area contributed by atoms with Crippen molar-refractivity contribution in [3.63, 3.8) is 0 Å². The van der Waals surface area contributed by atoms with Gasteiger partial charge in [-0.25, -0.2) is 0 Å². The van der Waals surface area contributed by atoms with Gasteiger partial charge >= 0.3 is 0 Å². The molecule has 9 heteroatoms. The van der Waals surface area contributed by atoms with Gasteiger partial charge < -0.3 is 20.0 Å². The fourth-order valence-electron chi connectivity index (χ4n) is 4.27. The summed E-state index contributed by atoms with van der Waals surface area (Å²) in [5, 5.41) is 8.44. The highest BCUT2D eigenvalue weighted by Gasteiger charge is 2.42. The zero-order valence-corrected chi connectivity index (χ0v) is 22.7. The molecule has 188 valence electrons. The van der Waals surface area contributed by atoms with E-state index in [-0.39, 0.29) is 18.0 Å². The van der Waals surface area contributed by atoms with Crippen LogP contribution in [0.2, 0.25) is 5.02 Å². The lowest BCUT2D eigenvalue weighted by molar-refractivity contribution is -0.115. The summed E-state index contributed by atoms with van der Waals surface area (Å²) in [5.41, 5.74) is 3.49. The van der Waals surface area contributed by atoms with Crippen molar-refractivity contribution < 1.29 is 9.21 Å². The second-order valence-electron chi connectivity index (χ2n) is 8.61. The summed E-state index contributed by atoms with van der Waals surface area (Å²) in [4.78, 5) is 19.6. The zero-order valence-electron chi connectivity index (χ0n) is 20.3. The molecule has 0 spiro atoms. The highest BCUT2D eigenvalue weighted by atomic mass is 35.5. The normalized spacial score (nSPS) is 17.1. The zero-order chi connectivity index (χ0) is 25.9. The average molecular weight is 549 g/mol. The van der Waals surface area contributed by atoms with Crippen LogP contribution < -0.4 is 15.5 Å². The SMILES string of the molecule is CCC(=O)Nc1ccc(N2C(=S)N[C@H](c3ccccn3)[C@@H]2c2ccc(Sc3ccc(Cl)cc3)o2)cc1C. The highest BCUT2D eigenvalue weighted by Crippen LogP contribution is 2.44. The number of pyridine rings is 1. The number of amides is 1. The number of hydrogen-bond acceptors (Lipinski definition) is 5. The maximum atomic E-state index is 11.9. The van der Waals surface area contributed by atoms with Gasteiger partial charge in [-0.05, 0) is 91.4 Å². The Bertz CT molecular complexity index is 1430. The first-order chi connectivity index (χ1) is 17.9. The minimum atomic E-state index is -0.266. The monoisotopic (exact) mass is 548 g/mol. The topological polar surface area (TPSA) is 70.4 Å². The molecular weight excluding hydrogens is 524 g/mol. The van der Waals surface area contributed by atoms with E-state index < -0.39 is 0 Å². The molecule has 6 nitrogen and oxygen atoms in total. The van der Waals surface area contributed by atoms with Gasteiger partial charge in [0.1, 0.15) is 11.8 Å². The second kappa shape index (κ2) is 11.0. The quantitative estimate of drug-likeness (QED) is 0.234. The van der Waals surface area contributed by atoms with E-state index in [1.54, 1.807) is 6.20 Å². The predicted octanol–water partition coefficient (Wildman–Crippen LogP) is 7.31. The molecular formula is C28H25ClN4O2S2. The number of aromatic nitrogens is 1. The largest absolute Gasteiger partial charge is 0.452 e. The first-order valence-electron chi connectivity index (χ1n) is 11.9. The van der Waals surface area contributed by atoms with E-state index in [9.17, 15) is 4.79 Å². The van der Waals surface area contributed by atoms with Gasteiger partial charge in [-0.15, -0.1) is 0 Å². The first kappa shape index (κ1) is 25.3. The van der Waals surface area contributed by atoms with Crippen molar-refractivity contribution >= 4 is 58.0 Å². The van der Waals surface area contributed by atoms with Gasteiger partial charge in [0.15, 0.2) is 10.2 Å². The number of furan rings is 1. The van der Waals surface area contributed by atoms with Gasteiger partial charge in [-0.1, -0.05) is 36.4 Å². The van der Waals surface area contributed by atoms with Gasteiger partial charge in [-0.3, -0.25) is 9.78 Å². The third-order valence-corrected chi connectivity index (χ3v) is 7.60. The summed E-state index contributed by atoms with van der Waals surface area (Å²) in [6.45, 7) is 3.80. The lowest BCUT2D eigenvalue weighted by atomic mass is 10.0. The summed E-state index contributed by atoms with van der Waals surface area (Å²) in [7, 11) is 0. The minimum Gasteiger partial charge on any atom is -0.452 e. The van der Waals surface area contributed by atoms with E-state index in [4.69, 9.17) is 28.2 Å². The smallest absolute Gasteiger partial charge is 0.224 e. The van der Waals surface area contributed by atoms with Gasteiger partial charge in [0, 0.05) is 33.9 Å². The van der Waals surface area contributed by atoms with E-state index in [1.807, 2.05) is 86.6 Å². The van der Waals surface area contributed by atoms with Crippen molar-refractivity contribution in [3.8, 4) is 0 Å². The third-order valence-electron chi connectivity index (χ3n) is 6.11. The van der Waals surface area contributed by atoms with Crippen LogP contribution in [0.25, 0.3) is 0 Å².